The van der Waals surface area contributed by atoms with Gasteiger partial charge in [0.15, 0.2) is 0 Å². The van der Waals surface area contributed by atoms with E-state index < -0.39 is 18.0 Å². The van der Waals surface area contributed by atoms with Crippen LogP contribution in [0.3, 0.4) is 0 Å². The van der Waals surface area contributed by atoms with Crippen LogP contribution in [0.1, 0.15) is 32.1 Å². The van der Waals surface area contributed by atoms with E-state index in [1.54, 1.807) is 0 Å². The third-order valence-electron chi connectivity index (χ3n) is 3.44. The van der Waals surface area contributed by atoms with E-state index in [0.29, 0.717) is 12.3 Å². The maximum absolute atomic E-state index is 11.7. The Morgan fingerprint density at radius 3 is 2.70 bits per heavy atom. The van der Waals surface area contributed by atoms with Gasteiger partial charge in [-0.15, -0.1) is 0 Å². The van der Waals surface area contributed by atoms with E-state index in [4.69, 9.17) is 5.11 Å². The Labute approximate surface area is 118 Å². The van der Waals surface area contributed by atoms with Gasteiger partial charge in [-0.05, 0) is 38.3 Å². The van der Waals surface area contributed by atoms with Crippen molar-refractivity contribution in [3.63, 3.8) is 0 Å². The number of ether oxygens (including phenoxy) is 1. The molecule has 0 aromatic heterocycles. The fourth-order valence-electron chi connectivity index (χ4n) is 2.18. The molecule has 1 rings (SSSR count). The highest BCUT2D eigenvalue weighted by molar-refractivity contribution is 5.84. The highest BCUT2D eigenvalue weighted by atomic mass is 16.5. The number of aliphatic carboxylic acids is 1. The summed E-state index contributed by atoms with van der Waals surface area (Å²) in [5.41, 5.74) is 0. The maximum Gasteiger partial charge on any atom is 0.326 e. The molecule has 1 aliphatic rings. The third kappa shape index (κ3) is 6.01. The summed E-state index contributed by atoms with van der Waals surface area (Å²) >= 11 is 0. The number of nitrogens with one attached hydrogen (secondary N) is 2. The molecule has 0 radical (unpaired) electrons. The summed E-state index contributed by atoms with van der Waals surface area (Å²) in [5, 5.41) is 14.7. The number of carbonyl (C=O) groups excluding carboxylic acids is 2. The number of amides is 1. The molecule has 1 aliphatic heterocycles. The van der Waals surface area contributed by atoms with Crippen molar-refractivity contribution < 1.29 is 24.2 Å². The molecule has 2 unspecified atom stereocenters. The van der Waals surface area contributed by atoms with E-state index in [0.717, 1.165) is 25.9 Å². The van der Waals surface area contributed by atoms with Crippen LogP contribution in [0.25, 0.3) is 0 Å². The number of carboxylic acid groups (broad SMARTS) is 1. The predicted octanol–water partition coefficient (Wildman–Crippen LogP) is -0.101. The standard InChI is InChI=1S/C13H22N2O5/c1-20-12(17)5-3-10(13(18)19)15-11(16)4-2-9-6-7-14-8-9/h9-10,14H,2-8H2,1H3,(H,15,16)(H,18,19). The van der Waals surface area contributed by atoms with Gasteiger partial charge in [-0.3, -0.25) is 9.59 Å². The molecule has 114 valence electrons. The second-order valence-corrected chi connectivity index (χ2v) is 4.97. The van der Waals surface area contributed by atoms with Crippen molar-refractivity contribution >= 4 is 17.8 Å². The van der Waals surface area contributed by atoms with E-state index in [-0.39, 0.29) is 18.7 Å². The Hall–Kier alpha value is -1.63. The Morgan fingerprint density at radius 2 is 2.15 bits per heavy atom. The number of methoxy groups -OCH3 is 1. The quantitative estimate of drug-likeness (QED) is 0.538. The second-order valence-electron chi connectivity index (χ2n) is 4.97. The van der Waals surface area contributed by atoms with Gasteiger partial charge in [0, 0.05) is 12.8 Å². The Kier molecular flexibility index (Phi) is 7.00. The number of hydrogen-bond donors (Lipinski definition) is 3. The fourth-order valence-corrected chi connectivity index (χ4v) is 2.18. The molecule has 1 fully saturated rings. The van der Waals surface area contributed by atoms with Gasteiger partial charge in [0.1, 0.15) is 6.04 Å². The first-order chi connectivity index (χ1) is 9.52. The van der Waals surface area contributed by atoms with Crippen LogP contribution in [0.2, 0.25) is 0 Å². The molecule has 0 saturated carbocycles. The summed E-state index contributed by atoms with van der Waals surface area (Å²) in [6.07, 6.45) is 2.13. The summed E-state index contributed by atoms with van der Waals surface area (Å²) in [6, 6.07) is -1.04. The molecule has 1 heterocycles. The SMILES string of the molecule is COC(=O)CCC(NC(=O)CCC1CCNC1)C(=O)O. The van der Waals surface area contributed by atoms with Crippen molar-refractivity contribution in [1.82, 2.24) is 10.6 Å². The van der Waals surface area contributed by atoms with Crippen LogP contribution < -0.4 is 10.6 Å². The minimum Gasteiger partial charge on any atom is -0.480 e. The lowest BCUT2D eigenvalue weighted by molar-refractivity contribution is -0.144. The number of esters is 1. The predicted molar refractivity (Wildman–Crippen MR) is 71.0 cm³/mol. The molecular formula is C13H22N2O5. The minimum absolute atomic E-state index is 0.0275. The maximum atomic E-state index is 11.7. The van der Waals surface area contributed by atoms with Gasteiger partial charge in [-0.2, -0.15) is 0 Å². The van der Waals surface area contributed by atoms with E-state index in [9.17, 15) is 14.4 Å². The number of carbonyl (C=O) groups is 3. The monoisotopic (exact) mass is 286 g/mol. The molecule has 3 N–H and O–H groups in total. The van der Waals surface area contributed by atoms with Crippen molar-refractivity contribution in [2.24, 2.45) is 5.92 Å². The average Bonchev–Trinajstić information content (AvgIpc) is 2.93. The summed E-state index contributed by atoms with van der Waals surface area (Å²) in [6.45, 7) is 1.89. The van der Waals surface area contributed by atoms with E-state index in [1.807, 2.05) is 0 Å². The zero-order valence-electron chi connectivity index (χ0n) is 11.7. The molecule has 0 spiro atoms. The van der Waals surface area contributed by atoms with Gasteiger partial charge in [-0.1, -0.05) is 0 Å². The van der Waals surface area contributed by atoms with Crippen LogP contribution in [0, 0.1) is 5.92 Å². The van der Waals surface area contributed by atoms with Gasteiger partial charge in [-0.25, -0.2) is 4.79 Å². The topological polar surface area (TPSA) is 105 Å². The Bertz CT molecular complexity index is 353. The fraction of sp³-hybridized carbons (Fsp3) is 0.769. The van der Waals surface area contributed by atoms with Gasteiger partial charge < -0.3 is 20.5 Å². The molecule has 7 nitrogen and oxygen atoms in total. The van der Waals surface area contributed by atoms with Crippen LogP contribution >= 0.6 is 0 Å². The van der Waals surface area contributed by atoms with E-state index in [2.05, 4.69) is 15.4 Å². The highest BCUT2D eigenvalue weighted by Crippen LogP contribution is 2.14. The van der Waals surface area contributed by atoms with Gasteiger partial charge in [0.25, 0.3) is 0 Å². The first-order valence-corrected chi connectivity index (χ1v) is 6.82. The summed E-state index contributed by atoms with van der Waals surface area (Å²) in [7, 11) is 1.24. The van der Waals surface area contributed by atoms with Gasteiger partial charge in [0.05, 0.1) is 7.11 Å². The molecule has 0 aromatic carbocycles. The second kappa shape index (κ2) is 8.52. The molecule has 0 bridgehead atoms. The lowest BCUT2D eigenvalue weighted by Crippen LogP contribution is -2.41. The van der Waals surface area contributed by atoms with Crippen LogP contribution in [-0.4, -0.2) is 49.2 Å². The minimum atomic E-state index is -1.13. The average molecular weight is 286 g/mol. The van der Waals surface area contributed by atoms with Crippen LogP contribution in [0.4, 0.5) is 0 Å². The smallest absolute Gasteiger partial charge is 0.326 e. The summed E-state index contributed by atoms with van der Waals surface area (Å²) in [5.74, 6) is -1.42. The Balaban J connectivity index is 2.30. The number of carboxylic acids is 1. The van der Waals surface area contributed by atoms with Crippen LogP contribution in [0.5, 0.6) is 0 Å². The summed E-state index contributed by atoms with van der Waals surface area (Å²) in [4.78, 5) is 33.7. The summed E-state index contributed by atoms with van der Waals surface area (Å²) < 4.78 is 4.45. The van der Waals surface area contributed by atoms with Crippen molar-refractivity contribution in [3.8, 4) is 0 Å². The lowest BCUT2D eigenvalue weighted by atomic mass is 10.0. The molecule has 20 heavy (non-hydrogen) atoms. The molecule has 1 saturated heterocycles. The molecule has 7 heteroatoms. The third-order valence-corrected chi connectivity index (χ3v) is 3.44. The number of hydrogen-bond acceptors (Lipinski definition) is 5. The zero-order valence-corrected chi connectivity index (χ0v) is 11.7. The lowest BCUT2D eigenvalue weighted by Gasteiger charge is -2.14. The molecule has 0 aromatic rings. The van der Waals surface area contributed by atoms with Gasteiger partial charge in [0.2, 0.25) is 5.91 Å². The molecule has 1 amide bonds. The normalized spacial score (nSPS) is 19.4. The van der Waals surface area contributed by atoms with E-state index in [1.165, 1.54) is 7.11 Å². The molecular weight excluding hydrogens is 264 g/mol. The van der Waals surface area contributed by atoms with Crippen molar-refractivity contribution in [1.29, 1.82) is 0 Å². The van der Waals surface area contributed by atoms with E-state index >= 15 is 0 Å². The highest BCUT2D eigenvalue weighted by Gasteiger charge is 2.22. The van der Waals surface area contributed by atoms with Crippen LogP contribution in [0.15, 0.2) is 0 Å². The number of rotatable bonds is 8. The first-order valence-electron chi connectivity index (χ1n) is 6.82. The van der Waals surface area contributed by atoms with Crippen molar-refractivity contribution in [2.75, 3.05) is 20.2 Å². The zero-order chi connectivity index (χ0) is 15.0. The first kappa shape index (κ1) is 16.4. The molecule has 0 aliphatic carbocycles. The largest absolute Gasteiger partial charge is 0.480 e. The van der Waals surface area contributed by atoms with Crippen LogP contribution in [-0.2, 0) is 19.1 Å². The Morgan fingerprint density at radius 1 is 1.40 bits per heavy atom. The van der Waals surface area contributed by atoms with Crippen molar-refractivity contribution in [3.05, 3.63) is 0 Å². The van der Waals surface area contributed by atoms with Gasteiger partial charge >= 0.3 is 11.9 Å². The van der Waals surface area contributed by atoms with Crippen molar-refractivity contribution in [2.45, 2.75) is 38.1 Å². The molecule has 2 atom stereocenters.